The first-order chi connectivity index (χ1) is 12.5. The van der Waals surface area contributed by atoms with Crippen molar-refractivity contribution in [1.82, 2.24) is 10.8 Å². The highest BCUT2D eigenvalue weighted by molar-refractivity contribution is 14.1. The highest BCUT2D eigenvalue weighted by atomic mass is 127. The van der Waals surface area contributed by atoms with Crippen molar-refractivity contribution in [3.8, 4) is 0 Å². The van der Waals surface area contributed by atoms with E-state index in [0.717, 1.165) is 3.57 Å². The number of hydroxylamine groups is 1. The van der Waals surface area contributed by atoms with Gasteiger partial charge in [0.15, 0.2) is 0 Å². The van der Waals surface area contributed by atoms with Gasteiger partial charge in [-0.3, -0.25) is 14.4 Å². The van der Waals surface area contributed by atoms with E-state index in [2.05, 4.69) is 16.1 Å². The minimum atomic E-state index is -0.575. The second-order valence-corrected chi connectivity index (χ2v) is 6.74. The monoisotopic (exact) mass is 471 g/mol. The Morgan fingerprint density at radius 2 is 2.12 bits per heavy atom. The summed E-state index contributed by atoms with van der Waals surface area (Å²) in [5.41, 5.74) is 3.93. The van der Waals surface area contributed by atoms with Crippen molar-refractivity contribution in [2.75, 3.05) is 18.5 Å². The van der Waals surface area contributed by atoms with E-state index in [1.54, 1.807) is 18.2 Å². The van der Waals surface area contributed by atoms with Crippen LogP contribution in [-0.4, -0.2) is 30.1 Å². The molecular formula is C17H15FIN3O4. The predicted octanol–water partition coefficient (Wildman–Crippen LogP) is 2.07. The van der Waals surface area contributed by atoms with Gasteiger partial charge in [-0.1, -0.05) is 0 Å². The second-order valence-electron chi connectivity index (χ2n) is 5.49. The van der Waals surface area contributed by atoms with Crippen molar-refractivity contribution in [2.24, 2.45) is 0 Å². The molecule has 0 atom stereocenters. The van der Waals surface area contributed by atoms with E-state index >= 15 is 0 Å². The molecule has 0 aliphatic carbocycles. The summed E-state index contributed by atoms with van der Waals surface area (Å²) in [7, 11) is 0. The van der Waals surface area contributed by atoms with Crippen LogP contribution in [0.3, 0.4) is 0 Å². The van der Waals surface area contributed by atoms with E-state index in [1.807, 2.05) is 22.6 Å². The molecule has 136 valence electrons. The van der Waals surface area contributed by atoms with Crippen molar-refractivity contribution in [3.05, 3.63) is 56.4 Å². The predicted molar refractivity (Wildman–Crippen MR) is 101 cm³/mol. The van der Waals surface area contributed by atoms with Crippen LogP contribution in [0.1, 0.15) is 26.3 Å². The zero-order valence-corrected chi connectivity index (χ0v) is 15.6. The van der Waals surface area contributed by atoms with E-state index in [-0.39, 0.29) is 36.1 Å². The highest BCUT2D eigenvalue weighted by Crippen LogP contribution is 2.29. The number of halogens is 2. The number of nitrogens with one attached hydrogen (secondary N) is 3. The number of hydrogen-bond donors (Lipinski definition) is 4. The summed E-state index contributed by atoms with van der Waals surface area (Å²) in [5.74, 6) is -1.31. The molecule has 7 nitrogen and oxygen atoms in total. The minimum absolute atomic E-state index is 0.0643. The molecule has 0 bridgehead atoms. The number of anilines is 2. The molecule has 2 amide bonds. The Hall–Kier alpha value is -2.24. The lowest BCUT2D eigenvalue weighted by Crippen LogP contribution is -2.26. The fourth-order valence-electron chi connectivity index (χ4n) is 2.52. The van der Waals surface area contributed by atoms with Crippen LogP contribution in [0.15, 0.2) is 30.3 Å². The molecular weight excluding hydrogens is 456 g/mol. The summed E-state index contributed by atoms with van der Waals surface area (Å²) in [4.78, 5) is 29.1. The number of carbonyl (C=O) groups is 2. The quantitative estimate of drug-likeness (QED) is 0.294. The van der Waals surface area contributed by atoms with E-state index < -0.39 is 11.7 Å². The molecule has 0 saturated carbocycles. The number of aliphatic hydroxyl groups is 1. The van der Waals surface area contributed by atoms with Gasteiger partial charge in [-0.15, -0.1) is 0 Å². The van der Waals surface area contributed by atoms with E-state index in [0.29, 0.717) is 17.7 Å². The zero-order valence-electron chi connectivity index (χ0n) is 13.4. The molecule has 1 aliphatic rings. The maximum absolute atomic E-state index is 14.2. The molecule has 4 N–H and O–H groups in total. The summed E-state index contributed by atoms with van der Waals surface area (Å²) in [6.07, 6.45) is 0. The van der Waals surface area contributed by atoms with E-state index in [1.165, 1.54) is 12.1 Å². The third-order valence-corrected chi connectivity index (χ3v) is 4.40. The van der Waals surface area contributed by atoms with Crippen molar-refractivity contribution < 1.29 is 23.9 Å². The fourth-order valence-corrected chi connectivity index (χ4v) is 2.97. The van der Waals surface area contributed by atoms with Gasteiger partial charge in [-0.25, -0.2) is 9.87 Å². The van der Waals surface area contributed by atoms with Crippen molar-refractivity contribution in [3.63, 3.8) is 0 Å². The Labute approximate surface area is 162 Å². The van der Waals surface area contributed by atoms with Crippen LogP contribution in [-0.2, 0) is 11.4 Å². The third-order valence-electron chi connectivity index (χ3n) is 3.73. The molecule has 0 aromatic heterocycles. The molecule has 2 aromatic carbocycles. The summed E-state index contributed by atoms with van der Waals surface area (Å²) in [6, 6.07) is 7.69. The van der Waals surface area contributed by atoms with Gasteiger partial charge >= 0.3 is 0 Å². The Kier molecular flexibility index (Phi) is 5.69. The van der Waals surface area contributed by atoms with E-state index in [9.17, 15) is 14.0 Å². The standard InChI is InChI=1S/C17H15FIN3O4/c18-13-6-10(19)1-2-14(13)21-15-7-11-9(8-20-16(11)24)5-12(15)17(25)22-26-4-3-23/h1-2,5-7,21,23H,3-4,8H2,(H,20,24)(H,22,25). The minimum Gasteiger partial charge on any atom is -0.394 e. The van der Waals surface area contributed by atoms with Gasteiger partial charge in [0.25, 0.3) is 11.8 Å². The molecule has 26 heavy (non-hydrogen) atoms. The molecule has 9 heteroatoms. The number of hydrogen-bond acceptors (Lipinski definition) is 5. The van der Waals surface area contributed by atoms with E-state index in [4.69, 9.17) is 9.94 Å². The SMILES string of the molecule is O=C1NCc2cc(C(=O)NOCCO)c(Nc3ccc(I)cc3F)cc21. The van der Waals surface area contributed by atoms with Crippen LogP contribution in [0.2, 0.25) is 0 Å². The summed E-state index contributed by atoms with van der Waals surface area (Å²) >= 11 is 1.99. The summed E-state index contributed by atoms with van der Waals surface area (Å²) in [6.45, 7) is -0.00277. The molecule has 0 unspecified atom stereocenters. The van der Waals surface area contributed by atoms with Crippen LogP contribution in [0.5, 0.6) is 0 Å². The molecule has 2 aromatic rings. The van der Waals surface area contributed by atoms with Gasteiger partial charge in [0, 0.05) is 15.7 Å². The van der Waals surface area contributed by atoms with Gasteiger partial charge in [0.1, 0.15) is 5.82 Å². The van der Waals surface area contributed by atoms with Crippen molar-refractivity contribution >= 4 is 45.8 Å². The second kappa shape index (κ2) is 7.98. The molecule has 0 saturated heterocycles. The van der Waals surface area contributed by atoms with Gasteiger partial charge in [0.2, 0.25) is 0 Å². The summed E-state index contributed by atoms with van der Waals surface area (Å²) in [5, 5.41) is 14.3. The fraction of sp³-hybridized carbons (Fsp3) is 0.176. The van der Waals surface area contributed by atoms with Crippen LogP contribution >= 0.6 is 22.6 Å². The highest BCUT2D eigenvalue weighted by Gasteiger charge is 2.24. The van der Waals surface area contributed by atoms with Crippen LogP contribution in [0.4, 0.5) is 15.8 Å². The van der Waals surface area contributed by atoms with Crippen molar-refractivity contribution in [2.45, 2.75) is 6.54 Å². The van der Waals surface area contributed by atoms with Crippen LogP contribution < -0.4 is 16.1 Å². The lowest BCUT2D eigenvalue weighted by molar-refractivity contribution is 0.0169. The average Bonchev–Trinajstić information content (AvgIpc) is 2.97. The third kappa shape index (κ3) is 3.94. The Bertz CT molecular complexity index is 875. The molecule has 3 rings (SSSR count). The lowest BCUT2D eigenvalue weighted by Gasteiger charge is -2.14. The lowest BCUT2D eigenvalue weighted by atomic mass is 10.0. The maximum atomic E-state index is 14.2. The van der Waals surface area contributed by atoms with Gasteiger partial charge in [-0.05, 0) is 58.5 Å². The number of rotatable bonds is 6. The van der Waals surface area contributed by atoms with Crippen LogP contribution in [0.25, 0.3) is 0 Å². The number of aliphatic hydroxyl groups excluding tert-OH is 1. The normalized spacial score (nSPS) is 12.5. The maximum Gasteiger partial charge on any atom is 0.276 e. The number of fused-ring (bicyclic) bond motifs is 1. The smallest absolute Gasteiger partial charge is 0.276 e. The topological polar surface area (TPSA) is 99.7 Å². The average molecular weight is 471 g/mol. The summed E-state index contributed by atoms with van der Waals surface area (Å²) < 4.78 is 14.9. The molecule has 1 heterocycles. The van der Waals surface area contributed by atoms with Gasteiger partial charge in [0.05, 0.1) is 30.2 Å². The molecule has 0 radical (unpaired) electrons. The van der Waals surface area contributed by atoms with Crippen molar-refractivity contribution in [1.29, 1.82) is 0 Å². The van der Waals surface area contributed by atoms with Gasteiger partial charge in [-0.2, -0.15) is 0 Å². The molecule has 0 spiro atoms. The molecule has 0 fully saturated rings. The first-order valence-electron chi connectivity index (χ1n) is 7.70. The number of amides is 2. The van der Waals surface area contributed by atoms with Crippen LogP contribution in [0, 0.1) is 9.39 Å². The first-order valence-corrected chi connectivity index (χ1v) is 8.77. The van der Waals surface area contributed by atoms with Gasteiger partial charge < -0.3 is 15.7 Å². The largest absolute Gasteiger partial charge is 0.394 e. The number of benzene rings is 2. The Balaban J connectivity index is 1.97. The first kappa shape index (κ1) is 18.5. The zero-order chi connectivity index (χ0) is 18.7. The number of carbonyl (C=O) groups excluding carboxylic acids is 2. The Morgan fingerprint density at radius 3 is 2.85 bits per heavy atom. The Morgan fingerprint density at radius 1 is 1.31 bits per heavy atom. The molecule has 1 aliphatic heterocycles.